The molecule has 0 aromatic carbocycles. The smallest absolute Gasteiger partial charge is 0.00614 e. The molecule has 0 aliphatic carbocycles. The van der Waals surface area contributed by atoms with Crippen LogP contribution >= 0.6 is 0 Å². The van der Waals surface area contributed by atoms with Gasteiger partial charge in [-0.3, -0.25) is 0 Å². The molecule has 0 amide bonds. The van der Waals surface area contributed by atoms with E-state index in [0.29, 0.717) is 12.1 Å². The van der Waals surface area contributed by atoms with E-state index in [-0.39, 0.29) is 0 Å². The van der Waals surface area contributed by atoms with Crippen LogP contribution in [0.25, 0.3) is 0 Å². The van der Waals surface area contributed by atoms with E-state index in [4.69, 9.17) is 0 Å². The standard InChI is InChI=1S/C9H22N2/c1-8(10-3)6-7-9(2)11(4)5/h8-10H,6-7H2,1-5H3. The third-order valence-corrected chi connectivity index (χ3v) is 2.39. The minimum absolute atomic E-state index is 0.650. The number of rotatable bonds is 5. The summed E-state index contributed by atoms with van der Waals surface area (Å²) in [6.07, 6.45) is 2.53. The summed E-state index contributed by atoms with van der Waals surface area (Å²) in [4.78, 5) is 2.27. The Morgan fingerprint density at radius 1 is 1.18 bits per heavy atom. The van der Waals surface area contributed by atoms with Crippen molar-refractivity contribution < 1.29 is 0 Å². The van der Waals surface area contributed by atoms with Crippen LogP contribution in [0.3, 0.4) is 0 Å². The summed E-state index contributed by atoms with van der Waals surface area (Å²) in [6, 6.07) is 1.35. The molecule has 11 heavy (non-hydrogen) atoms. The molecule has 0 bridgehead atoms. The molecule has 0 heterocycles. The zero-order chi connectivity index (χ0) is 8.85. The van der Waals surface area contributed by atoms with Crippen molar-refractivity contribution in [3.05, 3.63) is 0 Å². The van der Waals surface area contributed by atoms with Crippen LogP contribution in [0.15, 0.2) is 0 Å². The van der Waals surface area contributed by atoms with Crippen LogP contribution in [0, 0.1) is 0 Å². The van der Waals surface area contributed by atoms with Gasteiger partial charge in [0.15, 0.2) is 0 Å². The molecule has 0 saturated carbocycles. The topological polar surface area (TPSA) is 15.3 Å². The van der Waals surface area contributed by atoms with E-state index in [0.717, 1.165) is 0 Å². The largest absolute Gasteiger partial charge is 0.317 e. The van der Waals surface area contributed by atoms with Crippen LogP contribution < -0.4 is 5.32 Å². The van der Waals surface area contributed by atoms with Crippen molar-refractivity contribution in [1.29, 1.82) is 0 Å². The van der Waals surface area contributed by atoms with Crippen molar-refractivity contribution >= 4 is 0 Å². The summed E-state index contributed by atoms with van der Waals surface area (Å²) < 4.78 is 0. The summed E-state index contributed by atoms with van der Waals surface area (Å²) in [5.74, 6) is 0. The third kappa shape index (κ3) is 5.22. The van der Waals surface area contributed by atoms with Crippen LogP contribution in [0.2, 0.25) is 0 Å². The van der Waals surface area contributed by atoms with Crippen LogP contribution in [0.4, 0.5) is 0 Å². The Bertz CT molecular complexity index is 91.6. The molecule has 0 aliphatic heterocycles. The molecule has 0 radical (unpaired) electrons. The van der Waals surface area contributed by atoms with Gasteiger partial charge in [0, 0.05) is 12.1 Å². The van der Waals surface area contributed by atoms with Gasteiger partial charge in [0.25, 0.3) is 0 Å². The average molecular weight is 158 g/mol. The van der Waals surface area contributed by atoms with Crippen molar-refractivity contribution in [2.75, 3.05) is 21.1 Å². The SMILES string of the molecule is CNC(C)CCC(C)N(C)C. The van der Waals surface area contributed by atoms with Gasteiger partial charge < -0.3 is 10.2 Å². The molecule has 2 unspecified atom stereocenters. The van der Waals surface area contributed by atoms with E-state index in [2.05, 4.69) is 38.2 Å². The van der Waals surface area contributed by atoms with E-state index in [9.17, 15) is 0 Å². The lowest BCUT2D eigenvalue weighted by atomic mass is 10.1. The number of nitrogens with one attached hydrogen (secondary N) is 1. The molecular formula is C9H22N2. The second-order valence-electron chi connectivity index (χ2n) is 3.58. The maximum absolute atomic E-state index is 3.24. The van der Waals surface area contributed by atoms with Crippen molar-refractivity contribution in [3.63, 3.8) is 0 Å². The van der Waals surface area contributed by atoms with E-state index < -0.39 is 0 Å². The average Bonchev–Trinajstić information content (AvgIpc) is 1.99. The van der Waals surface area contributed by atoms with E-state index >= 15 is 0 Å². The quantitative estimate of drug-likeness (QED) is 0.649. The van der Waals surface area contributed by atoms with Gasteiger partial charge in [-0.25, -0.2) is 0 Å². The summed E-state index contributed by atoms with van der Waals surface area (Å²) >= 11 is 0. The van der Waals surface area contributed by atoms with Gasteiger partial charge in [0.1, 0.15) is 0 Å². The maximum Gasteiger partial charge on any atom is 0.00614 e. The molecular weight excluding hydrogens is 136 g/mol. The van der Waals surface area contributed by atoms with E-state index in [1.165, 1.54) is 12.8 Å². The van der Waals surface area contributed by atoms with Crippen molar-refractivity contribution in [1.82, 2.24) is 10.2 Å². The van der Waals surface area contributed by atoms with Crippen molar-refractivity contribution in [2.24, 2.45) is 0 Å². The lowest BCUT2D eigenvalue weighted by molar-refractivity contribution is 0.286. The Morgan fingerprint density at radius 3 is 2.09 bits per heavy atom. The molecule has 0 aliphatic rings. The molecule has 0 aromatic heterocycles. The fraction of sp³-hybridized carbons (Fsp3) is 1.00. The third-order valence-electron chi connectivity index (χ3n) is 2.39. The molecule has 0 spiro atoms. The monoisotopic (exact) mass is 158 g/mol. The summed E-state index contributed by atoms with van der Waals surface area (Å²) in [5.41, 5.74) is 0. The van der Waals surface area contributed by atoms with Gasteiger partial charge in [-0.1, -0.05) is 0 Å². The predicted molar refractivity (Wildman–Crippen MR) is 50.9 cm³/mol. The predicted octanol–water partition coefficient (Wildman–Crippen LogP) is 1.32. The van der Waals surface area contributed by atoms with Crippen LogP contribution in [-0.4, -0.2) is 38.1 Å². The van der Waals surface area contributed by atoms with Crippen LogP contribution in [-0.2, 0) is 0 Å². The van der Waals surface area contributed by atoms with Gasteiger partial charge in [-0.15, -0.1) is 0 Å². The first kappa shape index (κ1) is 10.9. The summed E-state index contributed by atoms with van der Waals surface area (Å²) in [7, 11) is 6.29. The molecule has 2 atom stereocenters. The molecule has 68 valence electrons. The summed E-state index contributed by atoms with van der Waals surface area (Å²) in [5, 5.41) is 3.24. The highest BCUT2D eigenvalue weighted by molar-refractivity contribution is 4.64. The Labute approximate surface area is 71.0 Å². The molecule has 0 rings (SSSR count). The fourth-order valence-corrected chi connectivity index (χ4v) is 0.894. The first-order valence-corrected chi connectivity index (χ1v) is 4.41. The highest BCUT2D eigenvalue weighted by Gasteiger charge is 2.05. The zero-order valence-electron chi connectivity index (χ0n) is 8.52. The normalized spacial score (nSPS) is 16.9. The second-order valence-corrected chi connectivity index (χ2v) is 3.58. The van der Waals surface area contributed by atoms with E-state index in [1.807, 2.05) is 7.05 Å². The van der Waals surface area contributed by atoms with Gasteiger partial charge >= 0.3 is 0 Å². The van der Waals surface area contributed by atoms with Gasteiger partial charge in [-0.05, 0) is 47.8 Å². The van der Waals surface area contributed by atoms with Gasteiger partial charge in [0.2, 0.25) is 0 Å². The van der Waals surface area contributed by atoms with Crippen LogP contribution in [0.1, 0.15) is 26.7 Å². The minimum atomic E-state index is 0.650. The first-order valence-electron chi connectivity index (χ1n) is 4.41. The van der Waals surface area contributed by atoms with E-state index in [1.54, 1.807) is 0 Å². The minimum Gasteiger partial charge on any atom is -0.317 e. The summed E-state index contributed by atoms with van der Waals surface area (Å²) in [6.45, 7) is 4.49. The van der Waals surface area contributed by atoms with Crippen LogP contribution in [0.5, 0.6) is 0 Å². The first-order chi connectivity index (χ1) is 5.07. The number of nitrogens with zero attached hydrogens (tertiary/aromatic N) is 1. The van der Waals surface area contributed by atoms with Crippen molar-refractivity contribution in [2.45, 2.75) is 38.8 Å². The Balaban J connectivity index is 3.37. The Hall–Kier alpha value is -0.0800. The fourth-order valence-electron chi connectivity index (χ4n) is 0.894. The zero-order valence-corrected chi connectivity index (χ0v) is 8.52. The molecule has 1 N–H and O–H groups in total. The molecule has 0 saturated heterocycles. The lowest BCUT2D eigenvalue weighted by Gasteiger charge is -2.21. The molecule has 2 heteroatoms. The van der Waals surface area contributed by atoms with Gasteiger partial charge in [0.05, 0.1) is 0 Å². The lowest BCUT2D eigenvalue weighted by Crippen LogP contribution is -2.28. The highest BCUT2D eigenvalue weighted by atomic mass is 15.1. The maximum atomic E-state index is 3.24. The Morgan fingerprint density at radius 2 is 1.73 bits per heavy atom. The Kier molecular flexibility index (Phi) is 5.51. The number of hydrogen-bond acceptors (Lipinski definition) is 2. The highest BCUT2D eigenvalue weighted by Crippen LogP contribution is 2.04. The van der Waals surface area contributed by atoms with Gasteiger partial charge in [-0.2, -0.15) is 0 Å². The number of hydrogen-bond donors (Lipinski definition) is 1. The van der Waals surface area contributed by atoms with Crippen molar-refractivity contribution in [3.8, 4) is 0 Å². The second kappa shape index (κ2) is 5.56. The molecule has 0 aromatic rings. The molecule has 2 nitrogen and oxygen atoms in total. The molecule has 0 fully saturated rings.